The molecule has 1 aliphatic heterocycles. The number of hydrazone groups is 1. The van der Waals surface area contributed by atoms with Crippen LogP contribution in [0, 0.1) is 23.7 Å². The molecule has 6 nitrogen and oxygen atoms in total. The Balaban J connectivity index is 1.42. The zero-order valence-corrected chi connectivity index (χ0v) is 21.4. The highest BCUT2D eigenvalue weighted by molar-refractivity contribution is 9.11. The largest absolute Gasteiger partial charge is 0.493 e. The van der Waals surface area contributed by atoms with Crippen LogP contribution < -0.4 is 9.47 Å². The molecule has 2 aromatic rings. The van der Waals surface area contributed by atoms with E-state index in [-0.39, 0.29) is 42.1 Å². The van der Waals surface area contributed by atoms with E-state index in [9.17, 15) is 9.59 Å². The molecule has 1 heterocycles. The summed E-state index contributed by atoms with van der Waals surface area (Å²) in [5.41, 5.74) is 1.44. The number of nitrogens with zero attached hydrogens (tertiary/aromatic N) is 2. The molecule has 0 unspecified atom stereocenters. The molecule has 1 saturated carbocycles. The van der Waals surface area contributed by atoms with Crippen molar-refractivity contribution in [2.45, 2.75) is 13.0 Å². The van der Waals surface area contributed by atoms with Crippen molar-refractivity contribution in [2.24, 2.45) is 28.8 Å². The maximum absolute atomic E-state index is 12.9. The number of fused-ring (bicyclic) bond motifs is 5. The Morgan fingerprint density at radius 1 is 1.12 bits per heavy atom. The fourth-order valence-corrected chi connectivity index (χ4v) is 6.28. The molecule has 4 atom stereocenters. The number of imide groups is 1. The summed E-state index contributed by atoms with van der Waals surface area (Å²) in [6, 6.07) is 9.10. The predicted octanol–water partition coefficient (Wildman–Crippen LogP) is 5.59. The number of amides is 2. The van der Waals surface area contributed by atoms with Crippen molar-refractivity contribution < 1.29 is 19.1 Å². The van der Waals surface area contributed by atoms with Crippen molar-refractivity contribution in [1.82, 2.24) is 5.01 Å². The van der Waals surface area contributed by atoms with Crippen LogP contribution in [0.25, 0.3) is 0 Å². The van der Waals surface area contributed by atoms with E-state index in [1.807, 2.05) is 18.2 Å². The highest BCUT2D eigenvalue weighted by atomic mass is 79.9. The number of benzene rings is 2. The number of hydrogen-bond donors (Lipinski definition) is 0. The molecule has 2 aromatic carbocycles. The third-order valence-electron chi connectivity index (χ3n) is 6.41. The lowest BCUT2D eigenvalue weighted by molar-refractivity contribution is -0.140. The summed E-state index contributed by atoms with van der Waals surface area (Å²) in [5, 5.41) is 5.69. The van der Waals surface area contributed by atoms with E-state index in [1.165, 1.54) is 13.3 Å². The number of rotatable bonds is 6. The Bertz CT molecular complexity index is 1190. The third kappa shape index (κ3) is 4.02. The van der Waals surface area contributed by atoms with Crippen LogP contribution in [0.5, 0.6) is 11.5 Å². The Hall–Kier alpha value is -2.16. The van der Waals surface area contributed by atoms with Crippen molar-refractivity contribution in [3.05, 3.63) is 67.6 Å². The van der Waals surface area contributed by atoms with Gasteiger partial charge in [0.25, 0.3) is 11.8 Å². The van der Waals surface area contributed by atoms with Crippen LogP contribution >= 0.6 is 43.5 Å². The number of halogens is 3. The highest BCUT2D eigenvalue weighted by Gasteiger charge is 2.59. The maximum Gasteiger partial charge on any atom is 0.254 e. The van der Waals surface area contributed by atoms with Gasteiger partial charge in [-0.05, 0) is 36.5 Å². The Morgan fingerprint density at radius 2 is 1.82 bits per heavy atom. The second kappa shape index (κ2) is 8.89. The van der Waals surface area contributed by atoms with E-state index < -0.39 is 0 Å². The molecule has 2 aliphatic carbocycles. The fraction of sp³-hybridized carbons (Fsp3) is 0.292. The Morgan fingerprint density at radius 3 is 2.45 bits per heavy atom. The molecule has 5 rings (SSSR count). The van der Waals surface area contributed by atoms with Gasteiger partial charge in [-0.2, -0.15) is 10.1 Å². The average molecular weight is 595 g/mol. The molecule has 2 amide bonds. The van der Waals surface area contributed by atoms with E-state index in [0.29, 0.717) is 22.1 Å². The van der Waals surface area contributed by atoms with E-state index in [4.69, 9.17) is 21.1 Å². The number of ether oxygens (including phenoxy) is 2. The standard InChI is InChI=1S/C24H19Br2ClN2O4/c1-32-19-9-17(27)7-15(22(19)33-11-14-4-5-16(25)8-18(14)26)10-28-29-23(30)20-12-2-3-13(6-12)21(20)24(29)31/h2-5,7-10,12-13,20-21H,6,11H2,1H3/t12-,13-,20-,21+/m0/s1. The van der Waals surface area contributed by atoms with Crippen LogP contribution in [0.3, 0.4) is 0 Å². The number of carbonyl (C=O) groups excluding carboxylic acids is 2. The van der Waals surface area contributed by atoms with Gasteiger partial charge in [-0.1, -0.05) is 61.7 Å². The van der Waals surface area contributed by atoms with Crippen LogP contribution in [-0.4, -0.2) is 30.1 Å². The Kier molecular flexibility index (Phi) is 6.09. The smallest absolute Gasteiger partial charge is 0.254 e. The minimum atomic E-state index is -0.302. The van der Waals surface area contributed by atoms with Crippen LogP contribution in [-0.2, 0) is 16.2 Å². The van der Waals surface area contributed by atoms with Crippen LogP contribution in [0.15, 0.2) is 56.5 Å². The first-order chi connectivity index (χ1) is 15.9. The van der Waals surface area contributed by atoms with Crippen molar-refractivity contribution in [3.63, 3.8) is 0 Å². The number of hydrogen-bond acceptors (Lipinski definition) is 5. The zero-order chi connectivity index (χ0) is 23.3. The zero-order valence-electron chi connectivity index (χ0n) is 17.5. The van der Waals surface area contributed by atoms with Crippen LogP contribution in [0.2, 0.25) is 5.02 Å². The first-order valence-corrected chi connectivity index (χ1v) is 12.4. The summed E-state index contributed by atoms with van der Waals surface area (Å²) in [6.07, 6.45) is 6.42. The summed E-state index contributed by atoms with van der Waals surface area (Å²) in [5.74, 6) is 0.0175. The van der Waals surface area contributed by atoms with E-state index in [0.717, 1.165) is 25.9 Å². The van der Waals surface area contributed by atoms with Gasteiger partial charge in [0.1, 0.15) is 6.61 Å². The lowest BCUT2D eigenvalue weighted by Crippen LogP contribution is -2.28. The third-order valence-corrected chi connectivity index (χ3v) is 7.86. The van der Waals surface area contributed by atoms with Gasteiger partial charge in [0.05, 0.1) is 25.2 Å². The minimum Gasteiger partial charge on any atom is -0.493 e. The molecule has 9 heteroatoms. The average Bonchev–Trinajstić information content (AvgIpc) is 3.46. The van der Waals surface area contributed by atoms with Crippen molar-refractivity contribution >= 4 is 61.5 Å². The highest BCUT2D eigenvalue weighted by Crippen LogP contribution is 2.52. The normalized spacial score (nSPS) is 25.4. The van der Waals surface area contributed by atoms with E-state index >= 15 is 0 Å². The fourth-order valence-electron chi connectivity index (χ4n) is 4.90. The monoisotopic (exact) mass is 592 g/mol. The summed E-state index contributed by atoms with van der Waals surface area (Å²) in [4.78, 5) is 25.9. The second-order valence-electron chi connectivity index (χ2n) is 8.28. The molecule has 1 saturated heterocycles. The molecule has 0 radical (unpaired) electrons. The molecule has 0 spiro atoms. The van der Waals surface area contributed by atoms with Gasteiger partial charge in [0.2, 0.25) is 0 Å². The molecule has 3 aliphatic rings. The first-order valence-electron chi connectivity index (χ1n) is 10.4. The van der Waals surface area contributed by atoms with Crippen LogP contribution in [0.4, 0.5) is 0 Å². The number of carbonyl (C=O) groups is 2. The number of allylic oxidation sites excluding steroid dienone is 2. The molecule has 2 fully saturated rings. The van der Waals surface area contributed by atoms with Gasteiger partial charge in [-0.25, -0.2) is 0 Å². The molecular weight excluding hydrogens is 576 g/mol. The predicted molar refractivity (Wildman–Crippen MR) is 131 cm³/mol. The summed E-state index contributed by atoms with van der Waals surface area (Å²) >= 11 is 13.2. The van der Waals surface area contributed by atoms with Crippen molar-refractivity contribution in [2.75, 3.05) is 7.11 Å². The van der Waals surface area contributed by atoms with Gasteiger partial charge in [0, 0.05) is 31.2 Å². The van der Waals surface area contributed by atoms with Gasteiger partial charge >= 0.3 is 0 Å². The summed E-state index contributed by atoms with van der Waals surface area (Å²) in [7, 11) is 1.52. The topological polar surface area (TPSA) is 68.2 Å². The quantitative estimate of drug-likeness (QED) is 0.248. The summed E-state index contributed by atoms with van der Waals surface area (Å²) < 4.78 is 13.4. The van der Waals surface area contributed by atoms with Crippen molar-refractivity contribution in [3.8, 4) is 11.5 Å². The van der Waals surface area contributed by atoms with Crippen molar-refractivity contribution in [1.29, 1.82) is 0 Å². The molecular formula is C24H19Br2ClN2O4. The molecule has 170 valence electrons. The lowest BCUT2D eigenvalue weighted by atomic mass is 9.85. The van der Waals surface area contributed by atoms with E-state index in [1.54, 1.807) is 12.1 Å². The molecule has 0 aromatic heterocycles. The van der Waals surface area contributed by atoms with Crippen LogP contribution in [0.1, 0.15) is 17.5 Å². The number of methoxy groups -OCH3 is 1. The SMILES string of the molecule is COc1cc(Cl)cc(C=NN2C(=O)[C@@H]3[C@H](C2=O)[C@H]2C=C[C@H]3C2)c1OCc1ccc(Br)cc1Br. The summed E-state index contributed by atoms with van der Waals surface area (Å²) in [6.45, 7) is 0.257. The van der Waals surface area contributed by atoms with Gasteiger partial charge in [-0.3, -0.25) is 9.59 Å². The lowest BCUT2D eigenvalue weighted by Gasteiger charge is -2.15. The first kappa shape index (κ1) is 22.6. The molecule has 0 N–H and O–H groups in total. The van der Waals surface area contributed by atoms with Gasteiger partial charge in [0.15, 0.2) is 11.5 Å². The maximum atomic E-state index is 12.9. The minimum absolute atomic E-state index is 0.131. The second-order valence-corrected chi connectivity index (χ2v) is 10.5. The molecule has 33 heavy (non-hydrogen) atoms. The van der Waals surface area contributed by atoms with Gasteiger partial charge in [-0.15, -0.1) is 0 Å². The Labute approximate surface area is 212 Å². The van der Waals surface area contributed by atoms with E-state index in [2.05, 4.69) is 49.1 Å². The molecule has 2 bridgehead atoms. The van der Waals surface area contributed by atoms with Gasteiger partial charge < -0.3 is 9.47 Å².